The lowest BCUT2D eigenvalue weighted by Crippen LogP contribution is -2.39. The number of thiazole rings is 1. The summed E-state index contributed by atoms with van der Waals surface area (Å²) in [5, 5.41) is 0.571. The van der Waals surface area contributed by atoms with E-state index in [-0.39, 0.29) is 5.56 Å². The van der Waals surface area contributed by atoms with E-state index in [0.29, 0.717) is 25.6 Å². The molecule has 8 heteroatoms. The quantitative estimate of drug-likeness (QED) is 0.511. The first-order valence-electron chi connectivity index (χ1n) is 9.01. The van der Waals surface area contributed by atoms with Crippen molar-refractivity contribution in [1.82, 2.24) is 4.57 Å². The van der Waals surface area contributed by atoms with Crippen LogP contribution in [0.2, 0.25) is 5.02 Å². The van der Waals surface area contributed by atoms with E-state index in [1.165, 1.54) is 18.4 Å². The molecule has 30 heavy (non-hydrogen) atoms. The van der Waals surface area contributed by atoms with Crippen molar-refractivity contribution in [3.63, 3.8) is 0 Å². The van der Waals surface area contributed by atoms with Crippen molar-refractivity contribution in [3.05, 3.63) is 100 Å². The average Bonchev–Trinajstić information content (AvgIpc) is 3.03. The topological polar surface area (TPSA) is 60.7 Å². The lowest BCUT2D eigenvalue weighted by Gasteiger charge is -2.24. The van der Waals surface area contributed by atoms with E-state index in [9.17, 15) is 9.59 Å². The maximum absolute atomic E-state index is 13.4. The number of hydrogen-bond donors (Lipinski definition) is 0. The number of benzene rings is 2. The molecule has 4 rings (SSSR count). The van der Waals surface area contributed by atoms with Gasteiger partial charge in [-0.05, 0) is 48.4 Å². The molecule has 1 aliphatic heterocycles. The van der Waals surface area contributed by atoms with Crippen LogP contribution >= 0.6 is 38.9 Å². The maximum atomic E-state index is 13.4. The number of rotatable bonds is 3. The molecule has 0 unspecified atom stereocenters. The SMILES string of the molecule is COC(=O)C1=C(C)N=c2s/c(=C\c3ccc(Br)cc3)c(=O)n2[C@@H]1c1ccc(Cl)cc1. The first-order chi connectivity index (χ1) is 14.4. The summed E-state index contributed by atoms with van der Waals surface area (Å²) in [6.07, 6.45) is 1.83. The Balaban J connectivity index is 1.96. The number of fused-ring (bicyclic) bond motifs is 1. The molecule has 0 bridgehead atoms. The molecule has 1 aliphatic rings. The fourth-order valence-electron chi connectivity index (χ4n) is 3.36. The van der Waals surface area contributed by atoms with E-state index in [0.717, 1.165) is 15.6 Å². The van der Waals surface area contributed by atoms with Gasteiger partial charge in [0.1, 0.15) is 0 Å². The Morgan fingerprint density at radius 2 is 1.87 bits per heavy atom. The van der Waals surface area contributed by atoms with E-state index in [1.54, 1.807) is 35.8 Å². The van der Waals surface area contributed by atoms with Gasteiger partial charge in [-0.15, -0.1) is 0 Å². The van der Waals surface area contributed by atoms with Crippen molar-refractivity contribution in [2.24, 2.45) is 4.99 Å². The lowest BCUT2D eigenvalue weighted by molar-refractivity contribution is -0.136. The smallest absolute Gasteiger partial charge is 0.338 e. The molecular weight excluding hydrogens is 488 g/mol. The minimum Gasteiger partial charge on any atom is -0.466 e. The summed E-state index contributed by atoms with van der Waals surface area (Å²) >= 11 is 10.8. The molecule has 152 valence electrons. The Hall–Kier alpha value is -2.48. The summed E-state index contributed by atoms with van der Waals surface area (Å²) in [6.45, 7) is 1.75. The van der Waals surface area contributed by atoms with Gasteiger partial charge >= 0.3 is 5.97 Å². The van der Waals surface area contributed by atoms with Crippen molar-refractivity contribution < 1.29 is 9.53 Å². The van der Waals surface area contributed by atoms with Crippen LogP contribution in [-0.4, -0.2) is 17.6 Å². The Bertz CT molecular complexity index is 1340. The Morgan fingerprint density at radius 1 is 1.20 bits per heavy atom. The summed E-state index contributed by atoms with van der Waals surface area (Å²) in [7, 11) is 1.32. The fraction of sp³-hybridized carbons (Fsp3) is 0.136. The number of aromatic nitrogens is 1. The van der Waals surface area contributed by atoms with Crippen molar-refractivity contribution in [2.45, 2.75) is 13.0 Å². The van der Waals surface area contributed by atoms with Crippen LogP contribution in [0.4, 0.5) is 0 Å². The first kappa shape index (κ1) is 20.8. The summed E-state index contributed by atoms with van der Waals surface area (Å²) in [4.78, 5) is 31.0. The molecule has 0 spiro atoms. The molecular formula is C22H16BrClN2O3S. The minimum atomic E-state index is -0.641. The highest BCUT2D eigenvalue weighted by Gasteiger charge is 2.32. The van der Waals surface area contributed by atoms with Crippen LogP contribution < -0.4 is 14.9 Å². The molecule has 0 saturated carbocycles. The Labute approximate surface area is 189 Å². The summed E-state index contributed by atoms with van der Waals surface area (Å²) < 4.78 is 8.05. The van der Waals surface area contributed by atoms with Gasteiger partial charge < -0.3 is 4.74 Å². The molecule has 1 atom stereocenters. The monoisotopic (exact) mass is 502 g/mol. The standard InChI is InChI=1S/C22H16BrClN2O3S/c1-12-18(21(28)29-2)19(14-5-9-16(24)10-6-14)26-20(27)17(30-22(26)25-12)11-13-3-7-15(23)8-4-13/h3-11,19H,1-2H3/b17-11-/t19-/m1/s1. The number of allylic oxidation sites excluding steroid dienone is 1. The van der Waals surface area contributed by atoms with Gasteiger partial charge in [-0.2, -0.15) is 0 Å². The normalized spacial score (nSPS) is 16.3. The number of halogens is 2. The van der Waals surface area contributed by atoms with E-state index in [4.69, 9.17) is 16.3 Å². The molecule has 2 heterocycles. The Kier molecular flexibility index (Phi) is 5.77. The van der Waals surface area contributed by atoms with E-state index in [1.807, 2.05) is 30.3 Å². The fourth-order valence-corrected chi connectivity index (χ4v) is 4.80. The minimum absolute atomic E-state index is 0.212. The maximum Gasteiger partial charge on any atom is 0.338 e. The zero-order valence-corrected chi connectivity index (χ0v) is 19.2. The summed E-state index contributed by atoms with van der Waals surface area (Å²) in [5.74, 6) is -0.515. The van der Waals surface area contributed by atoms with Gasteiger partial charge in [0.25, 0.3) is 5.56 Å². The van der Waals surface area contributed by atoms with Crippen LogP contribution in [0.5, 0.6) is 0 Å². The van der Waals surface area contributed by atoms with Crippen molar-refractivity contribution in [3.8, 4) is 0 Å². The van der Waals surface area contributed by atoms with Crippen LogP contribution in [0, 0.1) is 0 Å². The number of hydrogen-bond acceptors (Lipinski definition) is 5. The second-order valence-corrected chi connectivity index (χ2v) is 9.04. The molecule has 1 aromatic heterocycles. The third-order valence-corrected chi connectivity index (χ3v) is 6.54. The molecule has 0 fully saturated rings. The van der Waals surface area contributed by atoms with Gasteiger partial charge in [0.2, 0.25) is 0 Å². The number of methoxy groups -OCH3 is 1. The molecule has 0 N–H and O–H groups in total. The third kappa shape index (κ3) is 3.80. The van der Waals surface area contributed by atoms with Crippen molar-refractivity contribution in [2.75, 3.05) is 7.11 Å². The third-order valence-electron chi connectivity index (χ3n) is 4.78. The summed E-state index contributed by atoms with van der Waals surface area (Å²) in [6, 6.07) is 14.1. The van der Waals surface area contributed by atoms with Gasteiger partial charge in [-0.25, -0.2) is 9.79 Å². The molecule has 0 amide bonds. The van der Waals surface area contributed by atoms with Crippen LogP contribution in [0.25, 0.3) is 6.08 Å². The van der Waals surface area contributed by atoms with Gasteiger partial charge in [-0.1, -0.05) is 63.1 Å². The van der Waals surface area contributed by atoms with E-state index in [2.05, 4.69) is 20.9 Å². The van der Waals surface area contributed by atoms with Crippen LogP contribution in [0.3, 0.4) is 0 Å². The van der Waals surface area contributed by atoms with Gasteiger partial charge in [-0.3, -0.25) is 9.36 Å². The summed E-state index contributed by atoms with van der Waals surface area (Å²) in [5.41, 5.74) is 2.30. The predicted octanol–water partition coefficient (Wildman–Crippen LogP) is 3.82. The van der Waals surface area contributed by atoms with Gasteiger partial charge in [0, 0.05) is 9.50 Å². The second kappa shape index (κ2) is 8.34. The van der Waals surface area contributed by atoms with Crippen LogP contribution in [0.15, 0.2) is 74.1 Å². The molecule has 0 saturated heterocycles. The zero-order chi connectivity index (χ0) is 21.4. The highest BCUT2D eigenvalue weighted by molar-refractivity contribution is 9.10. The molecule has 0 aliphatic carbocycles. The molecule has 5 nitrogen and oxygen atoms in total. The first-order valence-corrected chi connectivity index (χ1v) is 11.0. The number of esters is 1. The van der Waals surface area contributed by atoms with Gasteiger partial charge in [0.05, 0.1) is 29.0 Å². The van der Waals surface area contributed by atoms with E-state index < -0.39 is 12.0 Å². The van der Waals surface area contributed by atoms with Crippen molar-refractivity contribution >= 4 is 50.9 Å². The van der Waals surface area contributed by atoms with E-state index >= 15 is 0 Å². The Morgan fingerprint density at radius 3 is 2.50 bits per heavy atom. The highest BCUT2D eigenvalue weighted by Crippen LogP contribution is 2.31. The number of carbonyl (C=O) groups excluding carboxylic acids is 1. The molecule has 0 radical (unpaired) electrons. The van der Waals surface area contributed by atoms with Crippen molar-refractivity contribution in [1.29, 1.82) is 0 Å². The number of ether oxygens (including phenoxy) is 1. The van der Waals surface area contributed by atoms with Crippen LogP contribution in [0.1, 0.15) is 24.1 Å². The van der Waals surface area contributed by atoms with Gasteiger partial charge in [0.15, 0.2) is 4.80 Å². The molecule has 3 aromatic rings. The number of carbonyl (C=O) groups is 1. The average molecular weight is 504 g/mol. The molecule has 2 aromatic carbocycles. The number of nitrogens with zero attached hydrogens (tertiary/aromatic N) is 2. The largest absolute Gasteiger partial charge is 0.466 e. The van der Waals surface area contributed by atoms with Crippen LogP contribution in [-0.2, 0) is 9.53 Å². The highest BCUT2D eigenvalue weighted by atomic mass is 79.9. The lowest BCUT2D eigenvalue weighted by atomic mass is 9.96. The predicted molar refractivity (Wildman–Crippen MR) is 121 cm³/mol. The zero-order valence-electron chi connectivity index (χ0n) is 16.1. The second-order valence-electron chi connectivity index (χ2n) is 6.68.